The van der Waals surface area contributed by atoms with Crippen molar-refractivity contribution in [3.63, 3.8) is 0 Å². The van der Waals surface area contributed by atoms with Gasteiger partial charge >= 0.3 is 6.18 Å². The molecule has 2 heterocycles. The van der Waals surface area contributed by atoms with Crippen molar-refractivity contribution < 1.29 is 30.4 Å². The first-order valence-corrected chi connectivity index (χ1v) is 8.96. The van der Waals surface area contributed by atoms with Crippen molar-refractivity contribution in [2.24, 2.45) is 0 Å². The summed E-state index contributed by atoms with van der Waals surface area (Å²) >= 11 is 0. The standard InChI is InChI=1S/C17H12F4N2O3S/c18-15-7-6-13(10-14(15)17(19,20)21)27(24,25)23(11-12-4-3-9-26-12)16-5-1-2-8-22-16/h1-10H,11H2. The summed E-state index contributed by atoms with van der Waals surface area (Å²) in [5.41, 5.74) is -1.66. The topological polar surface area (TPSA) is 63.4 Å². The van der Waals surface area contributed by atoms with Gasteiger partial charge in [0.25, 0.3) is 10.0 Å². The maximum absolute atomic E-state index is 13.5. The Kier molecular flexibility index (Phi) is 4.92. The molecule has 0 saturated carbocycles. The maximum Gasteiger partial charge on any atom is 0.419 e. The second kappa shape index (κ2) is 7.03. The summed E-state index contributed by atoms with van der Waals surface area (Å²) in [4.78, 5) is 3.23. The molecule has 0 bridgehead atoms. The number of benzene rings is 1. The number of sulfonamides is 1. The number of rotatable bonds is 5. The zero-order valence-electron chi connectivity index (χ0n) is 13.5. The molecule has 0 aliphatic rings. The Balaban J connectivity index is 2.11. The van der Waals surface area contributed by atoms with Crippen molar-refractivity contribution in [2.75, 3.05) is 4.31 Å². The molecule has 3 rings (SSSR count). The summed E-state index contributed by atoms with van der Waals surface area (Å²) in [6, 6.07) is 9.03. The summed E-state index contributed by atoms with van der Waals surface area (Å²) < 4.78 is 84.4. The number of hydrogen-bond donors (Lipinski definition) is 0. The van der Waals surface area contributed by atoms with Crippen LogP contribution in [0.3, 0.4) is 0 Å². The fourth-order valence-corrected chi connectivity index (χ4v) is 3.76. The second-order valence-corrected chi connectivity index (χ2v) is 7.28. The van der Waals surface area contributed by atoms with Crippen LogP contribution in [-0.2, 0) is 22.7 Å². The number of alkyl halides is 3. The van der Waals surface area contributed by atoms with E-state index in [1.54, 1.807) is 6.07 Å². The van der Waals surface area contributed by atoms with Gasteiger partial charge in [0.2, 0.25) is 0 Å². The summed E-state index contributed by atoms with van der Waals surface area (Å²) in [6.45, 7) is -0.301. The molecule has 0 saturated heterocycles. The van der Waals surface area contributed by atoms with Gasteiger partial charge in [-0.05, 0) is 42.5 Å². The van der Waals surface area contributed by atoms with Crippen molar-refractivity contribution in [1.29, 1.82) is 0 Å². The zero-order valence-corrected chi connectivity index (χ0v) is 14.3. The predicted octanol–water partition coefficient (Wildman–Crippen LogP) is 4.23. The first-order chi connectivity index (χ1) is 12.7. The van der Waals surface area contributed by atoms with Crippen molar-refractivity contribution in [3.05, 3.63) is 78.1 Å². The minimum absolute atomic E-state index is 0.0215. The smallest absolute Gasteiger partial charge is 0.419 e. The van der Waals surface area contributed by atoms with Gasteiger partial charge in [0.05, 0.1) is 23.3 Å². The van der Waals surface area contributed by atoms with E-state index < -0.39 is 32.5 Å². The summed E-state index contributed by atoms with van der Waals surface area (Å²) in [5, 5.41) is 0. The number of halogens is 4. The van der Waals surface area contributed by atoms with Crippen LogP contribution in [0.5, 0.6) is 0 Å². The highest BCUT2D eigenvalue weighted by Crippen LogP contribution is 2.34. The Hall–Kier alpha value is -2.88. The van der Waals surface area contributed by atoms with E-state index in [2.05, 4.69) is 4.98 Å². The molecular formula is C17H12F4N2O3S. The Morgan fingerprint density at radius 1 is 1.07 bits per heavy atom. The van der Waals surface area contributed by atoms with Gasteiger partial charge in [0.1, 0.15) is 17.4 Å². The number of pyridine rings is 1. The molecule has 0 unspecified atom stereocenters. The molecule has 1 aromatic carbocycles. The molecule has 2 aromatic heterocycles. The fraction of sp³-hybridized carbons (Fsp3) is 0.118. The van der Waals surface area contributed by atoms with Crippen LogP contribution in [0.4, 0.5) is 23.4 Å². The minimum atomic E-state index is -5.04. The van der Waals surface area contributed by atoms with E-state index in [0.29, 0.717) is 6.07 Å². The van der Waals surface area contributed by atoms with Crippen molar-refractivity contribution in [3.8, 4) is 0 Å². The lowest BCUT2D eigenvalue weighted by Gasteiger charge is -2.23. The normalized spacial score (nSPS) is 12.1. The number of hydrogen-bond acceptors (Lipinski definition) is 4. The molecule has 0 fully saturated rings. The van der Waals surface area contributed by atoms with Gasteiger partial charge in [0.15, 0.2) is 0 Å². The number of aromatic nitrogens is 1. The van der Waals surface area contributed by atoms with Gasteiger partial charge in [-0.2, -0.15) is 13.2 Å². The fourth-order valence-electron chi connectivity index (χ4n) is 2.34. The Labute approximate surface area is 151 Å². The molecule has 3 aromatic rings. The van der Waals surface area contributed by atoms with Crippen molar-refractivity contribution in [1.82, 2.24) is 4.98 Å². The molecule has 0 amide bonds. The van der Waals surface area contributed by atoms with Crippen LogP contribution in [0.25, 0.3) is 0 Å². The van der Waals surface area contributed by atoms with Crippen molar-refractivity contribution in [2.45, 2.75) is 17.6 Å². The molecule has 0 N–H and O–H groups in total. The predicted molar refractivity (Wildman–Crippen MR) is 87.7 cm³/mol. The average Bonchev–Trinajstić information content (AvgIpc) is 3.13. The first kappa shape index (κ1) is 18.9. The molecule has 0 aliphatic heterocycles. The van der Waals surface area contributed by atoms with Gasteiger partial charge in [-0.1, -0.05) is 6.07 Å². The lowest BCUT2D eigenvalue weighted by atomic mass is 10.2. The number of furan rings is 1. The lowest BCUT2D eigenvalue weighted by molar-refractivity contribution is -0.140. The van der Waals surface area contributed by atoms with Crippen molar-refractivity contribution >= 4 is 15.8 Å². The van der Waals surface area contributed by atoms with E-state index in [4.69, 9.17) is 4.42 Å². The molecule has 5 nitrogen and oxygen atoms in total. The largest absolute Gasteiger partial charge is 0.467 e. The summed E-state index contributed by atoms with van der Waals surface area (Å²) in [7, 11) is -4.49. The lowest BCUT2D eigenvalue weighted by Crippen LogP contribution is -2.31. The molecule has 0 spiro atoms. The van der Waals surface area contributed by atoms with Crippen LogP contribution in [-0.4, -0.2) is 13.4 Å². The number of anilines is 1. The highest BCUT2D eigenvalue weighted by molar-refractivity contribution is 7.92. The average molecular weight is 400 g/mol. The summed E-state index contributed by atoms with van der Waals surface area (Å²) in [5.74, 6) is -1.33. The van der Waals surface area contributed by atoms with Gasteiger partial charge in [-0.3, -0.25) is 0 Å². The van der Waals surface area contributed by atoms with E-state index in [0.717, 1.165) is 10.4 Å². The quantitative estimate of drug-likeness (QED) is 0.602. The Morgan fingerprint density at radius 3 is 2.44 bits per heavy atom. The van der Waals surface area contributed by atoms with Crippen LogP contribution in [0.15, 0.2) is 70.3 Å². The molecular weight excluding hydrogens is 388 g/mol. The van der Waals surface area contributed by atoms with E-state index in [9.17, 15) is 26.0 Å². The molecule has 142 valence electrons. The SMILES string of the molecule is O=S(=O)(c1ccc(F)c(C(F)(F)F)c1)N(Cc1ccco1)c1ccccn1. The highest BCUT2D eigenvalue weighted by Gasteiger charge is 2.36. The second-order valence-electron chi connectivity index (χ2n) is 5.42. The first-order valence-electron chi connectivity index (χ1n) is 7.52. The Bertz CT molecular complexity index is 1020. The third kappa shape index (κ3) is 3.95. The van der Waals surface area contributed by atoms with Gasteiger partial charge in [-0.25, -0.2) is 22.1 Å². The van der Waals surface area contributed by atoms with E-state index in [-0.39, 0.29) is 24.2 Å². The van der Waals surface area contributed by atoms with Crippen LogP contribution < -0.4 is 4.31 Å². The third-order valence-corrected chi connectivity index (χ3v) is 5.36. The zero-order chi connectivity index (χ0) is 19.7. The minimum Gasteiger partial charge on any atom is -0.467 e. The third-order valence-electron chi connectivity index (χ3n) is 3.62. The van der Waals surface area contributed by atoms with Crippen LogP contribution >= 0.6 is 0 Å². The molecule has 10 heteroatoms. The monoisotopic (exact) mass is 400 g/mol. The van der Waals surface area contributed by atoms with E-state index in [1.165, 1.54) is 36.7 Å². The Morgan fingerprint density at radius 2 is 1.85 bits per heavy atom. The molecule has 27 heavy (non-hydrogen) atoms. The number of nitrogens with zero attached hydrogens (tertiary/aromatic N) is 2. The molecule has 0 radical (unpaired) electrons. The molecule has 0 atom stereocenters. The van der Waals surface area contributed by atoms with Crippen LogP contribution in [0.2, 0.25) is 0 Å². The maximum atomic E-state index is 13.5. The van der Waals surface area contributed by atoms with Crippen LogP contribution in [0.1, 0.15) is 11.3 Å². The molecule has 0 aliphatic carbocycles. The summed E-state index contributed by atoms with van der Waals surface area (Å²) in [6.07, 6.45) is -2.36. The highest BCUT2D eigenvalue weighted by atomic mass is 32.2. The van der Waals surface area contributed by atoms with Gasteiger partial charge in [-0.15, -0.1) is 0 Å². The van der Waals surface area contributed by atoms with E-state index >= 15 is 0 Å². The van der Waals surface area contributed by atoms with Crippen LogP contribution in [0, 0.1) is 5.82 Å². The van der Waals surface area contributed by atoms with Gasteiger partial charge in [0, 0.05) is 6.20 Å². The van der Waals surface area contributed by atoms with Gasteiger partial charge < -0.3 is 4.42 Å². The van der Waals surface area contributed by atoms with E-state index in [1.807, 2.05) is 0 Å².